The summed E-state index contributed by atoms with van der Waals surface area (Å²) in [4.78, 5) is 23.8. The van der Waals surface area contributed by atoms with Crippen molar-refractivity contribution in [1.82, 2.24) is 16.2 Å². The molecule has 0 bridgehead atoms. The zero-order valence-corrected chi connectivity index (χ0v) is 15.9. The molecule has 0 spiro atoms. The first-order valence-corrected chi connectivity index (χ1v) is 8.59. The minimum atomic E-state index is -0.462. The van der Waals surface area contributed by atoms with Crippen LogP contribution in [-0.2, 0) is 16.0 Å². The third-order valence-electron chi connectivity index (χ3n) is 3.61. The highest BCUT2D eigenvalue weighted by molar-refractivity contribution is 7.80. The number of ether oxygens (including phenoxy) is 2. The van der Waals surface area contributed by atoms with Crippen LogP contribution < -0.4 is 25.6 Å². The molecule has 0 aliphatic rings. The van der Waals surface area contributed by atoms with Crippen molar-refractivity contribution in [3.8, 4) is 11.5 Å². The van der Waals surface area contributed by atoms with Gasteiger partial charge in [0.05, 0.1) is 13.5 Å². The topological polar surface area (TPSA) is 88.7 Å². The number of carbonyl (C=O) groups excluding carboxylic acids is 2. The van der Waals surface area contributed by atoms with Crippen LogP contribution in [0.3, 0.4) is 0 Å². The van der Waals surface area contributed by atoms with E-state index in [0.29, 0.717) is 11.5 Å². The minimum Gasteiger partial charge on any atom is -0.493 e. The number of benzene rings is 2. The van der Waals surface area contributed by atoms with Gasteiger partial charge in [0.1, 0.15) is 0 Å². The maximum atomic E-state index is 12.0. The Morgan fingerprint density at radius 1 is 0.963 bits per heavy atom. The highest BCUT2D eigenvalue weighted by Gasteiger charge is 2.10. The second kappa shape index (κ2) is 10.1. The van der Waals surface area contributed by atoms with Crippen molar-refractivity contribution in [3.63, 3.8) is 0 Å². The van der Waals surface area contributed by atoms with Crippen LogP contribution in [0.4, 0.5) is 0 Å². The Bertz CT molecular complexity index is 826. The van der Waals surface area contributed by atoms with Crippen molar-refractivity contribution >= 4 is 29.1 Å². The standard InChI is InChI=1S/C19H21N3O4S/c1-13-7-3-4-8-14(13)11-17(23)20-19(27)22-21-18(24)12-26-16-10-6-5-9-15(16)25-2/h3-10H,11-12H2,1-2H3,(H,21,24)(H2,20,22,23,27). The molecule has 142 valence electrons. The van der Waals surface area contributed by atoms with Crippen LogP contribution in [0.5, 0.6) is 11.5 Å². The van der Waals surface area contributed by atoms with Gasteiger partial charge >= 0.3 is 0 Å². The summed E-state index contributed by atoms with van der Waals surface area (Å²) in [5, 5.41) is 2.51. The van der Waals surface area contributed by atoms with E-state index in [2.05, 4.69) is 16.2 Å². The molecule has 0 atom stereocenters. The zero-order valence-electron chi connectivity index (χ0n) is 15.1. The van der Waals surface area contributed by atoms with E-state index in [1.165, 1.54) is 7.11 Å². The summed E-state index contributed by atoms with van der Waals surface area (Å²) in [6.45, 7) is 1.69. The molecule has 8 heteroatoms. The van der Waals surface area contributed by atoms with Gasteiger partial charge in [0, 0.05) is 0 Å². The van der Waals surface area contributed by atoms with Crippen LogP contribution in [0.25, 0.3) is 0 Å². The van der Waals surface area contributed by atoms with Crippen LogP contribution in [0.1, 0.15) is 11.1 Å². The van der Waals surface area contributed by atoms with Gasteiger partial charge in [0.25, 0.3) is 5.91 Å². The van der Waals surface area contributed by atoms with E-state index < -0.39 is 5.91 Å². The molecule has 0 aliphatic carbocycles. The number of carbonyl (C=O) groups is 2. The normalized spacial score (nSPS) is 9.85. The van der Waals surface area contributed by atoms with Crippen molar-refractivity contribution in [2.24, 2.45) is 0 Å². The number of amides is 2. The largest absolute Gasteiger partial charge is 0.493 e. The van der Waals surface area contributed by atoms with Crippen molar-refractivity contribution in [1.29, 1.82) is 0 Å². The van der Waals surface area contributed by atoms with Crippen LogP contribution in [0, 0.1) is 6.92 Å². The molecule has 2 aromatic carbocycles. The van der Waals surface area contributed by atoms with E-state index in [9.17, 15) is 9.59 Å². The number of methoxy groups -OCH3 is 1. The first-order chi connectivity index (χ1) is 13.0. The lowest BCUT2D eigenvalue weighted by atomic mass is 10.1. The molecular formula is C19H21N3O4S. The molecule has 2 amide bonds. The quantitative estimate of drug-likeness (QED) is 0.516. The fraction of sp³-hybridized carbons (Fsp3) is 0.211. The molecule has 27 heavy (non-hydrogen) atoms. The molecule has 2 rings (SSSR count). The summed E-state index contributed by atoms with van der Waals surface area (Å²) >= 11 is 5.00. The Kier molecular flexibility index (Phi) is 7.57. The molecule has 2 aromatic rings. The van der Waals surface area contributed by atoms with Crippen molar-refractivity contribution in [2.75, 3.05) is 13.7 Å². The summed E-state index contributed by atoms with van der Waals surface area (Å²) in [6.07, 6.45) is 0.194. The molecule has 0 heterocycles. The molecule has 0 unspecified atom stereocenters. The Hall–Kier alpha value is -3.13. The highest BCUT2D eigenvalue weighted by Crippen LogP contribution is 2.25. The van der Waals surface area contributed by atoms with Crippen molar-refractivity contribution < 1.29 is 19.1 Å². The smallest absolute Gasteiger partial charge is 0.276 e. The molecule has 7 nitrogen and oxygen atoms in total. The van der Waals surface area contributed by atoms with Gasteiger partial charge in [0.2, 0.25) is 5.91 Å². The number of nitrogens with one attached hydrogen (secondary N) is 3. The number of hydrogen-bond donors (Lipinski definition) is 3. The molecule has 3 N–H and O–H groups in total. The maximum Gasteiger partial charge on any atom is 0.276 e. The lowest BCUT2D eigenvalue weighted by Gasteiger charge is -2.13. The van der Waals surface area contributed by atoms with Crippen LogP contribution in [0.2, 0.25) is 0 Å². The number of para-hydroxylation sites is 2. The third-order valence-corrected chi connectivity index (χ3v) is 3.81. The minimum absolute atomic E-state index is 0.000717. The summed E-state index contributed by atoms with van der Waals surface area (Å²) in [5.41, 5.74) is 6.76. The predicted octanol–water partition coefficient (Wildman–Crippen LogP) is 1.65. The lowest BCUT2D eigenvalue weighted by molar-refractivity contribution is -0.124. The lowest BCUT2D eigenvalue weighted by Crippen LogP contribution is -2.50. The molecule has 0 fully saturated rings. The van der Waals surface area contributed by atoms with Crippen LogP contribution in [0.15, 0.2) is 48.5 Å². The van der Waals surface area contributed by atoms with E-state index >= 15 is 0 Å². The second-order valence-corrected chi connectivity index (χ2v) is 6.00. The van der Waals surface area contributed by atoms with E-state index in [1.54, 1.807) is 24.3 Å². The van der Waals surface area contributed by atoms with Gasteiger partial charge in [-0.2, -0.15) is 0 Å². The number of thiocarbonyl (C=S) groups is 1. The Morgan fingerprint density at radius 3 is 2.33 bits per heavy atom. The van der Waals surface area contributed by atoms with Gasteiger partial charge in [-0.15, -0.1) is 0 Å². The van der Waals surface area contributed by atoms with Crippen LogP contribution >= 0.6 is 12.2 Å². The zero-order chi connectivity index (χ0) is 19.6. The number of hydrazine groups is 1. The van der Waals surface area contributed by atoms with E-state index in [4.69, 9.17) is 21.7 Å². The first kappa shape index (κ1) is 20.2. The maximum absolute atomic E-state index is 12.0. The number of aryl methyl sites for hydroxylation is 1. The predicted molar refractivity (Wildman–Crippen MR) is 105 cm³/mol. The summed E-state index contributed by atoms with van der Waals surface area (Å²) in [7, 11) is 1.52. The van der Waals surface area contributed by atoms with Gasteiger partial charge in [-0.1, -0.05) is 36.4 Å². The number of hydrogen-bond acceptors (Lipinski definition) is 5. The fourth-order valence-electron chi connectivity index (χ4n) is 2.23. The Labute approximate surface area is 163 Å². The molecule has 0 radical (unpaired) electrons. The monoisotopic (exact) mass is 387 g/mol. The number of rotatable bonds is 6. The molecule has 0 saturated heterocycles. The van der Waals surface area contributed by atoms with Gasteiger partial charge in [-0.05, 0) is 42.4 Å². The highest BCUT2D eigenvalue weighted by atomic mass is 32.1. The Balaban J connectivity index is 1.72. The van der Waals surface area contributed by atoms with Gasteiger partial charge in [-0.25, -0.2) is 0 Å². The summed E-state index contributed by atoms with van der Waals surface area (Å²) in [5.74, 6) is 0.235. The Morgan fingerprint density at radius 2 is 1.63 bits per heavy atom. The van der Waals surface area contributed by atoms with Crippen molar-refractivity contribution in [3.05, 3.63) is 59.7 Å². The molecule has 0 aliphatic heterocycles. The van der Waals surface area contributed by atoms with Gasteiger partial charge in [-0.3, -0.25) is 20.4 Å². The summed E-state index contributed by atoms with van der Waals surface area (Å²) in [6, 6.07) is 14.6. The van der Waals surface area contributed by atoms with E-state index in [-0.39, 0.29) is 24.0 Å². The van der Waals surface area contributed by atoms with Crippen LogP contribution in [-0.4, -0.2) is 30.6 Å². The van der Waals surface area contributed by atoms with Crippen molar-refractivity contribution in [2.45, 2.75) is 13.3 Å². The van der Waals surface area contributed by atoms with Gasteiger partial charge < -0.3 is 14.8 Å². The fourth-order valence-corrected chi connectivity index (χ4v) is 2.39. The molecule has 0 saturated carbocycles. The summed E-state index contributed by atoms with van der Waals surface area (Å²) < 4.78 is 10.5. The molecule has 0 aromatic heterocycles. The first-order valence-electron chi connectivity index (χ1n) is 8.18. The average molecular weight is 387 g/mol. The second-order valence-electron chi connectivity index (χ2n) is 5.59. The van der Waals surface area contributed by atoms with E-state index in [0.717, 1.165) is 11.1 Å². The average Bonchev–Trinajstić information content (AvgIpc) is 2.66. The third kappa shape index (κ3) is 6.59. The van der Waals surface area contributed by atoms with E-state index in [1.807, 2.05) is 31.2 Å². The molecular weight excluding hydrogens is 366 g/mol. The van der Waals surface area contributed by atoms with Gasteiger partial charge in [0.15, 0.2) is 23.2 Å². The SMILES string of the molecule is COc1ccccc1OCC(=O)NNC(=S)NC(=O)Cc1ccccc1C.